The third kappa shape index (κ3) is 4.83. The molecular formula is C20H28O4. The molecule has 0 bridgehead atoms. The van der Waals surface area contributed by atoms with Crippen LogP contribution in [-0.2, 0) is 4.74 Å². The molecule has 1 aliphatic carbocycles. The summed E-state index contributed by atoms with van der Waals surface area (Å²) in [6, 6.07) is 6.22. The minimum Gasteiger partial charge on any atom is -0.478 e. The summed E-state index contributed by atoms with van der Waals surface area (Å²) in [7, 11) is 0. The van der Waals surface area contributed by atoms with Gasteiger partial charge in [0.25, 0.3) is 0 Å². The van der Waals surface area contributed by atoms with Gasteiger partial charge in [0.2, 0.25) is 0 Å². The van der Waals surface area contributed by atoms with Crippen LogP contribution in [0.3, 0.4) is 0 Å². The lowest BCUT2D eigenvalue weighted by Crippen LogP contribution is -2.28. The maximum absolute atomic E-state index is 12.3. The molecule has 1 atom stereocenters. The van der Waals surface area contributed by atoms with Gasteiger partial charge in [-0.05, 0) is 43.7 Å². The number of hydrogen-bond donors (Lipinski definition) is 1. The van der Waals surface area contributed by atoms with Crippen molar-refractivity contribution in [1.82, 2.24) is 0 Å². The largest absolute Gasteiger partial charge is 0.478 e. The fraction of sp³-hybridized carbons (Fsp3) is 0.600. The first kappa shape index (κ1) is 18.5. The molecule has 0 heterocycles. The van der Waals surface area contributed by atoms with Crippen LogP contribution >= 0.6 is 0 Å². The molecule has 0 spiro atoms. The van der Waals surface area contributed by atoms with Crippen LogP contribution in [0.15, 0.2) is 24.3 Å². The van der Waals surface area contributed by atoms with E-state index < -0.39 is 11.9 Å². The molecular weight excluding hydrogens is 304 g/mol. The highest BCUT2D eigenvalue weighted by molar-refractivity contribution is 6.02. The number of esters is 1. The van der Waals surface area contributed by atoms with Crippen molar-refractivity contribution in [3.05, 3.63) is 35.4 Å². The van der Waals surface area contributed by atoms with Crippen LogP contribution in [0.2, 0.25) is 0 Å². The second kappa shape index (κ2) is 8.86. The van der Waals surface area contributed by atoms with E-state index in [0.717, 1.165) is 18.8 Å². The lowest BCUT2D eigenvalue weighted by atomic mass is 9.78. The summed E-state index contributed by atoms with van der Waals surface area (Å²) in [5.41, 5.74) is 0.131. The number of benzene rings is 1. The number of ether oxygens (including phenoxy) is 1. The van der Waals surface area contributed by atoms with E-state index in [2.05, 4.69) is 6.92 Å². The van der Waals surface area contributed by atoms with Crippen LogP contribution in [0, 0.1) is 11.8 Å². The molecule has 132 valence electrons. The van der Waals surface area contributed by atoms with E-state index in [4.69, 9.17) is 4.74 Å². The van der Waals surface area contributed by atoms with Crippen LogP contribution in [0.25, 0.3) is 0 Å². The molecule has 0 radical (unpaired) electrons. The first-order valence-corrected chi connectivity index (χ1v) is 9.06. The van der Waals surface area contributed by atoms with Crippen molar-refractivity contribution in [2.24, 2.45) is 11.8 Å². The van der Waals surface area contributed by atoms with Gasteiger partial charge in [0, 0.05) is 0 Å². The maximum Gasteiger partial charge on any atom is 0.339 e. The summed E-state index contributed by atoms with van der Waals surface area (Å²) in [6.45, 7) is 4.15. The Morgan fingerprint density at radius 3 is 2.38 bits per heavy atom. The smallest absolute Gasteiger partial charge is 0.339 e. The third-order valence-corrected chi connectivity index (χ3v) is 5.19. The first-order valence-electron chi connectivity index (χ1n) is 9.06. The van der Waals surface area contributed by atoms with Gasteiger partial charge in [0.05, 0.1) is 11.1 Å². The zero-order valence-electron chi connectivity index (χ0n) is 14.7. The van der Waals surface area contributed by atoms with E-state index in [-0.39, 0.29) is 17.2 Å². The number of aromatic carboxylic acids is 1. The number of hydrogen-bond acceptors (Lipinski definition) is 3. The maximum atomic E-state index is 12.3. The van der Waals surface area contributed by atoms with E-state index >= 15 is 0 Å². The molecule has 1 fully saturated rings. The van der Waals surface area contributed by atoms with Gasteiger partial charge in [0.1, 0.15) is 6.10 Å². The number of rotatable bonds is 7. The van der Waals surface area contributed by atoms with Gasteiger partial charge in [-0.25, -0.2) is 9.59 Å². The first-order chi connectivity index (χ1) is 11.5. The highest BCUT2D eigenvalue weighted by atomic mass is 16.5. The van der Waals surface area contributed by atoms with Crippen LogP contribution in [0.1, 0.15) is 79.5 Å². The molecule has 1 aliphatic rings. The standard InChI is InChI=1S/C20H28O4/c1-3-4-7-15-10-12-16(13-11-15)14(2)24-20(23)18-9-6-5-8-17(18)19(21)22/h5-6,8-9,14-16H,3-4,7,10-13H2,1-2H3,(H,21,22). The molecule has 0 aliphatic heterocycles. The molecule has 0 aromatic heterocycles. The van der Waals surface area contributed by atoms with Crippen LogP contribution in [-0.4, -0.2) is 23.1 Å². The summed E-state index contributed by atoms with van der Waals surface area (Å²) >= 11 is 0. The molecule has 4 nitrogen and oxygen atoms in total. The third-order valence-electron chi connectivity index (χ3n) is 5.19. The lowest BCUT2D eigenvalue weighted by molar-refractivity contribution is 0.0108. The van der Waals surface area contributed by atoms with E-state index in [1.807, 2.05) is 6.92 Å². The van der Waals surface area contributed by atoms with E-state index in [0.29, 0.717) is 5.92 Å². The zero-order chi connectivity index (χ0) is 17.5. The number of carboxylic acid groups (broad SMARTS) is 1. The van der Waals surface area contributed by atoms with Crippen molar-refractivity contribution in [1.29, 1.82) is 0 Å². The van der Waals surface area contributed by atoms with Crippen molar-refractivity contribution >= 4 is 11.9 Å². The van der Waals surface area contributed by atoms with Gasteiger partial charge < -0.3 is 9.84 Å². The normalized spacial score (nSPS) is 21.9. The highest BCUT2D eigenvalue weighted by Crippen LogP contribution is 2.34. The second-order valence-electron chi connectivity index (χ2n) is 6.88. The summed E-state index contributed by atoms with van der Waals surface area (Å²) in [4.78, 5) is 23.6. The Hall–Kier alpha value is -1.84. The average molecular weight is 332 g/mol. The molecule has 1 aromatic rings. The van der Waals surface area contributed by atoms with E-state index in [1.54, 1.807) is 12.1 Å². The minimum atomic E-state index is -1.10. The monoisotopic (exact) mass is 332 g/mol. The van der Waals surface area contributed by atoms with Crippen molar-refractivity contribution in [3.63, 3.8) is 0 Å². The second-order valence-corrected chi connectivity index (χ2v) is 6.88. The van der Waals surface area contributed by atoms with Gasteiger partial charge in [-0.1, -0.05) is 51.2 Å². The fourth-order valence-corrected chi connectivity index (χ4v) is 3.62. The van der Waals surface area contributed by atoms with Gasteiger partial charge >= 0.3 is 11.9 Å². The van der Waals surface area contributed by atoms with Crippen molar-refractivity contribution in [2.45, 2.75) is 64.9 Å². The van der Waals surface area contributed by atoms with Gasteiger partial charge in [-0.2, -0.15) is 0 Å². The predicted octanol–water partition coefficient (Wildman–Crippen LogP) is 4.93. The van der Waals surface area contributed by atoms with Crippen molar-refractivity contribution < 1.29 is 19.4 Å². The molecule has 1 unspecified atom stereocenters. The highest BCUT2D eigenvalue weighted by Gasteiger charge is 2.28. The van der Waals surface area contributed by atoms with Crippen LogP contribution < -0.4 is 0 Å². The number of carbonyl (C=O) groups excluding carboxylic acids is 1. The van der Waals surface area contributed by atoms with Crippen molar-refractivity contribution in [2.75, 3.05) is 0 Å². The van der Waals surface area contributed by atoms with Crippen molar-refractivity contribution in [3.8, 4) is 0 Å². The molecule has 1 aromatic carbocycles. The summed E-state index contributed by atoms with van der Waals surface area (Å²) < 4.78 is 5.58. The van der Waals surface area contributed by atoms with E-state index in [1.165, 1.54) is 44.2 Å². The summed E-state index contributed by atoms with van der Waals surface area (Å²) in [5, 5.41) is 9.19. The molecule has 24 heavy (non-hydrogen) atoms. The average Bonchev–Trinajstić information content (AvgIpc) is 2.60. The van der Waals surface area contributed by atoms with E-state index in [9.17, 15) is 14.7 Å². The Morgan fingerprint density at radius 1 is 1.17 bits per heavy atom. The quantitative estimate of drug-likeness (QED) is 0.719. The Balaban J connectivity index is 1.90. The zero-order valence-corrected chi connectivity index (χ0v) is 14.7. The van der Waals surface area contributed by atoms with Gasteiger partial charge in [-0.3, -0.25) is 0 Å². The Morgan fingerprint density at radius 2 is 1.79 bits per heavy atom. The number of unbranched alkanes of at least 4 members (excludes halogenated alkanes) is 1. The molecule has 0 saturated heterocycles. The van der Waals surface area contributed by atoms with Crippen LogP contribution in [0.4, 0.5) is 0 Å². The van der Waals surface area contributed by atoms with Crippen LogP contribution in [0.5, 0.6) is 0 Å². The minimum absolute atomic E-state index is 0.00188. The molecule has 2 rings (SSSR count). The Bertz CT molecular complexity index is 559. The Labute approximate surface area is 144 Å². The summed E-state index contributed by atoms with van der Waals surface area (Å²) in [6.07, 6.45) is 8.27. The Kier molecular flexibility index (Phi) is 6.83. The fourth-order valence-electron chi connectivity index (χ4n) is 3.62. The molecule has 4 heteroatoms. The lowest BCUT2D eigenvalue weighted by Gasteiger charge is -2.32. The summed E-state index contributed by atoms with van der Waals surface area (Å²) in [5.74, 6) is -0.444. The SMILES string of the molecule is CCCCC1CCC(C(C)OC(=O)c2ccccc2C(=O)O)CC1. The molecule has 1 saturated carbocycles. The molecule has 1 N–H and O–H groups in total. The van der Waals surface area contributed by atoms with Gasteiger partial charge in [0.15, 0.2) is 0 Å². The molecule has 0 amide bonds. The predicted molar refractivity (Wildman–Crippen MR) is 93.3 cm³/mol. The number of carbonyl (C=O) groups is 2. The topological polar surface area (TPSA) is 63.6 Å². The van der Waals surface area contributed by atoms with Gasteiger partial charge in [-0.15, -0.1) is 0 Å². The number of carboxylic acids is 1.